The van der Waals surface area contributed by atoms with Gasteiger partial charge in [0, 0.05) is 5.39 Å². The molecule has 0 radical (unpaired) electrons. The van der Waals surface area contributed by atoms with Gasteiger partial charge in [-0.25, -0.2) is 13.8 Å². The van der Waals surface area contributed by atoms with Crippen LogP contribution in [0.2, 0.25) is 0 Å². The maximum absolute atomic E-state index is 13.7. The molecule has 0 bridgehead atoms. The van der Waals surface area contributed by atoms with Crippen LogP contribution in [-0.2, 0) is 6.54 Å². The van der Waals surface area contributed by atoms with E-state index in [1.54, 1.807) is 41.1 Å². The molecule has 0 aliphatic heterocycles. The number of furan rings is 1. The number of thiophene rings is 1. The number of aromatic nitrogens is 3. The molecule has 4 aromatic heterocycles. The van der Waals surface area contributed by atoms with Crippen molar-refractivity contribution in [2.75, 3.05) is 5.32 Å². The zero-order valence-corrected chi connectivity index (χ0v) is 22.5. The molecule has 0 saturated heterocycles. The zero-order valence-electron chi connectivity index (χ0n) is 20.1. The second-order valence-corrected chi connectivity index (χ2v) is 10.3. The molecule has 0 fully saturated rings. The summed E-state index contributed by atoms with van der Waals surface area (Å²) in [6, 6.07) is 13.2. The Bertz CT molecular complexity index is 1690. The van der Waals surface area contributed by atoms with Crippen molar-refractivity contribution in [3.8, 4) is 11.1 Å². The fourth-order valence-corrected chi connectivity index (χ4v) is 5.40. The second-order valence-electron chi connectivity index (χ2n) is 8.47. The molecule has 0 aliphatic carbocycles. The number of benzene rings is 1. The molecule has 12 heteroatoms. The second kappa shape index (κ2) is 10.1. The molecule has 1 aromatic carbocycles. The Morgan fingerprint density at radius 3 is 2.55 bits per heavy atom. The lowest BCUT2D eigenvalue weighted by atomic mass is 10.0. The van der Waals surface area contributed by atoms with Crippen molar-refractivity contribution in [3.63, 3.8) is 0 Å². The number of aryl methyl sites for hydroxylation is 1. The van der Waals surface area contributed by atoms with E-state index in [1.807, 2.05) is 13.8 Å². The maximum atomic E-state index is 13.7. The number of amides is 2. The first-order valence-corrected chi connectivity index (χ1v) is 12.9. The Morgan fingerprint density at radius 1 is 1.18 bits per heavy atom. The summed E-state index contributed by atoms with van der Waals surface area (Å²) in [4.78, 5) is 29.7. The molecule has 4 heterocycles. The highest BCUT2D eigenvalue weighted by molar-refractivity contribution is 9.10. The molecule has 0 unspecified atom stereocenters. The Balaban J connectivity index is 1.55. The van der Waals surface area contributed by atoms with Gasteiger partial charge in [-0.05, 0) is 59.1 Å². The molecule has 8 nitrogen and oxygen atoms in total. The molecule has 3 N–H and O–H groups in total. The number of carbonyl (C=O) groups is 2. The number of nitrogens with two attached hydrogens (primary N) is 1. The first-order valence-electron chi connectivity index (χ1n) is 11.3. The van der Waals surface area contributed by atoms with Gasteiger partial charge < -0.3 is 15.5 Å². The van der Waals surface area contributed by atoms with Crippen LogP contribution in [0.15, 0.2) is 57.4 Å². The van der Waals surface area contributed by atoms with Crippen LogP contribution in [0.25, 0.3) is 21.3 Å². The number of hydrogen-bond donors (Lipinski definition) is 2. The van der Waals surface area contributed by atoms with E-state index in [2.05, 4.69) is 31.3 Å². The zero-order chi connectivity index (χ0) is 27.1. The number of pyridine rings is 1. The monoisotopic (exact) mass is 599 g/mol. The van der Waals surface area contributed by atoms with Crippen molar-refractivity contribution >= 4 is 55.0 Å². The van der Waals surface area contributed by atoms with Crippen molar-refractivity contribution in [1.29, 1.82) is 0 Å². The molecule has 5 rings (SSSR count). The van der Waals surface area contributed by atoms with Gasteiger partial charge in [0.2, 0.25) is 0 Å². The maximum Gasteiger partial charge on any atom is 0.291 e. The van der Waals surface area contributed by atoms with Crippen LogP contribution < -0.4 is 11.1 Å². The lowest BCUT2D eigenvalue weighted by Gasteiger charge is -2.10. The highest BCUT2D eigenvalue weighted by atomic mass is 79.9. The van der Waals surface area contributed by atoms with Crippen LogP contribution in [0.4, 0.5) is 14.5 Å². The number of halogens is 3. The summed E-state index contributed by atoms with van der Waals surface area (Å²) in [5, 5.41) is 7.49. The molecular weight excluding hydrogens is 580 g/mol. The number of nitrogens with zero attached hydrogens (tertiary/aromatic N) is 3. The Labute approximate surface area is 227 Å². The van der Waals surface area contributed by atoms with E-state index in [-0.39, 0.29) is 21.2 Å². The van der Waals surface area contributed by atoms with Gasteiger partial charge in [0.1, 0.15) is 21.2 Å². The number of rotatable bonds is 7. The van der Waals surface area contributed by atoms with E-state index >= 15 is 0 Å². The SMILES string of the molecule is Cc1nn(Cc2ccc(C(=O)Nc3c(C(N)=O)sc4nc(C(F)F)cc(-c5ccccc5)c34)o2)c(C)c1Br. The van der Waals surface area contributed by atoms with Gasteiger partial charge in [-0.1, -0.05) is 30.3 Å². The smallest absolute Gasteiger partial charge is 0.291 e. The summed E-state index contributed by atoms with van der Waals surface area (Å²) < 4.78 is 35.7. The fraction of sp³-hybridized carbons (Fsp3) is 0.154. The van der Waals surface area contributed by atoms with Crippen molar-refractivity contribution in [1.82, 2.24) is 14.8 Å². The van der Waals surface area contributed by atoms with Crippen molar-refractivity contribution in [2.24, 2.45) is 5.73 Å². The van der Waals surface area contributed by atoms with Crippen molar-refractivity contribution < 1.29 is 22.8 Å². The predicted octanol–water partition coefficient (Wildman–Crippen LogP) is 6.47. The third-order valence-electron chi connectivity index (χ3n) is 5.94. The molecule has 0 saturated carbocycles. The fourth-order valence-electron chi connectivity index (χ4n) is 4.10. The summed E-state index contributed by atoms with van der Waals surface area (Å²) in [5.41, 5.74) is 7.99. The normalized spacial score (nSPS) is 11.4. The third-order valence-corrected chi connectivity index (χ3v) is 8.18. The van der Waals surface area contributed by atoms with E-state index in [0.29, 0.717) is 28.8 Å². The standard InChI is InChI=1S/C26H20BrF2N5O3S/c1-12-20(27)13(2)34(33-12)11-15-8-9-18(37-15)25(36)32-21-19-16(14-6-4-3-5-7-14)10-17(23(28)29)31-26(19)38-22(21)24(30)35/h3-10,23H,11H2,1-2H3,(H2,30,35)(H,32,36). The number of carbonyl (C=O) groups excluding carboxylic acids is 2. The lowest BCUT2D eigenvalue weighted by molar-refractivity contribution is 0.0994. The molecule has 194 valence electrons. The van der Waals surface area contributed by atoms with Crippen molar-refractivity contribution in [2.45, 2.75) is 26.8 Å². The van der Waals surface area contributed by atoms with Crippen LogP contribution in [0, 0.1) is 13.8 Å². The molecule has 5 aromatic rings. The van der Waals surface area contributed by atoms with Crippen molar-refractivity contribution in [3.05, 3.63) is 86.5 Å². The lowest BCUT2D eigenvalue weighted by Crippen LogP contribution is -2.16. The van der Waals surface area contributed by atoms with Gasteiger partial charge in [0.25, 0.3) is 18.2 Å². The molecular formula is C26H20BrF2N5O3S. The highest BCUT2D eigenvalue weighted by Gasteiger charge is 2.26. The number of fused-ring (bicyclic) bond motifs is 1. The number of anilines is 1. The average Bonchev–Trinajstić information content (AvgIpc) is 3.58. The number of alkyl halides is 2. The Morgan fingerprint density at radius 2 is 1.92 bits per heavy atom. The van der Waals surface area contributed by atoms with E-state index in [1.165, 1.54) is 12.1 Å². The summed E-state index contributed by atoms with van der Waals surface area (Å²) in [6.45, 7) is 4.09. The van der Waals surface area contributed by atoms with E-state index in [0.717, 1.165) is 27.2 Å². The molecule has 0 aliphatic rings. The van der Waals surface area contributed by atoms with Gasteiger partial charge in [-0.2, -0.15) is 5.10 Å². The van der Waals surface area contributed by atoms with Crippen LogP contribution in [-0.4, -0.2) is 26.6 Å². The third kappa shape index (κ3) is 4.72. The van der Waals surface area contributed by atoms with Crippen LogP contribution in [0.1, 0.15) is 49.5 Å². The number of primary amides is 1. The Kier molecular flexibility index (Phi) is 6.84. The highest BCUT2D eigenvalue weighted by Crippen LogP contribution is 2.42. The summed E-state index contributed by atoms with van der Waals surface area (Å²) in [6.07, 6.45) is -2.83. The predicted molar refractivity (Wildman–Crippen MR) is 144 cm³/mol. The molecule has 2 amide bonds. The first-order chi connectivity index (χ1) is 18.1. The number of hydrogen-bond acceptors (Lipinski definition) is 6. The van der Waals surface area contributed by atoms with Crippen LogP contribution in [0.5, 0.6) is 0 Å². The van der Waals surface area contributed by atoms with Crippen LogP contribution in [0.3, 0.4) is 0 Å². The molecule has 0 atom stereocenters. The number of nitrogens with one attached hydrogen (secondary N) is 1. The summed E-state index contributed by atoms with van der Waals surface area (Å²) >= 11 is 4.33. The van der Waals surface area contributed by atoms with Gasteiger partial charge in [-0.15, -0.1) is 11.3 Å². The quantitative estimate of drug-likeness (QED) is 0.222. The van der Waals surface area contributed by atoms with E-state index < -0.39 is 23.9 Å². The minimum atomic E-state index is -2.83. The van der Waals surface area contributed by atoms with Crippen LogP contribution >= 0.6 is 27.3 Å². The van der Waals surface area contributed by atoms with Gasteiger partial charge in [0.15, 0.2) is 5.76 Å². The average molecular weight is 600 g/mol. The molecule has 0 spiro atoms. The molecule has 38 heavy (non-hydrogen) atoms. The van der Waals surface area contributed by atoms with E-state index in [4.69, 9.17) is 10.2 Å². The Hall–Kier alpha value is -3.90. The first kappa shape index (κ1) is 25.7. The topological polar surface area (TPSA) is 116 Å². The van der Waals surface area contributed by atoms with Gasteiger partial charge >= 0.3 is 0 Å². The largest absolute Gasteiger partial charge is 0.454 e. The van der Waals surface area contributed by atoms with Gasteiger partial charge in [0.05, 0.1) is 28.1 Å². The van der Waals surface area contributed by atoms with E-state index in [9.17, 15) is 18.4 Å². The minimum Gasteiger partial charge on any atom is -0.454 e. The summed E-state index contributed by atoms with van der Waals surface area (Å²) in [7, 11) is 0. The summed E-state index contributed by atoms with van der Waals surface area (Å²) in [5.74, 6) is -0.971. The van der Waals surface area contributed by atoms with Gasteiger partial charge in [-0.3, -0.25) is 14.3 Å². The minimum absolute atomic E-state index is 0.00575.